The summed E-state index contributed by atoms with van der Waals surface area (Å²) in [5, 5.41) is 4.93. The molecule has 1 amide bonds. The molecule has 2 aromatic rings. The summed E-state index contributed by atoms with van der Waals surface area (Å²) in [7, 11) is -3.56. The van der Waals surface area contributed by atoms with Gasteiger partial charge in [0.2, 0.25) is 5.91 Å². The van der Waals surface area contributed by atoms with Crippen LogP contribution in [0.1, 0.15) is 52.1 Å². The molecule has 1 saturated heterocycles. The van der Waals surface area contributed by atoms with Gasteiger partial charge in [-0.3, -0.25) is 4.79 Å². The zero-order valence-electron chi connectivity index (χ0n) is 19.7. The van der Waals surface area contributed by atoms with Gasteiger partial charge >= 0.3 is 0 Å². The summed E-state index contributed by atoms with van der Waals surface area (Å²) in [6, 6.07) is 8.87. The number of ether oxygens (including phenoxy) is 2. The Kier molecular flexibility index (Phi) is 8.78. The Hall–Kier alpha value is -2.10. The molecule has 33 heavy (non-hydrogen) atoms. The van der Waals surface area contributed by atoms with Crippen molar-refractivity contribution in [3.8, 4) is 11.5 Å². The fourth-order valence-corrected chi connectivity index (χ4v) is 6.75. The van der Waals surface area contributed by atoms with Gasteiger partial charge < -0.3 is 14.8 Å². The van der Waals surface area contributed by atoms with E-state index in [1.54, 1.807) is 17.5 Å². The van der Waals surface area contributed by atoms with Crippen LogP contribution in [0.3, 0.4) is 0 Å². The highest BCUT2D eigenvalue weighted by Gasteiger charge is 2.35. The molecule has 0 bridgehead atoms. The highest BCUT2D eigenvalue weighted by atomic mass is 32.2. The second-order valence-electron chi connectivity index (χ2n) is 8.44. The first kappa shape index (κ1) is 25.5. The first-order valence-corrected chi connectivity index (χ1v) is 13.8. The van der Waals surface area contributed by atoms with Gasteiger partial charge in [0.25, 0.3) is 10.0 Å². The number of sulfonamides is 1. The van der Waals surface area contributed by atoms with E-state index in [-0.39, 0.29) is 30.3 Å². The van der Waals surface area contributed by atoms with Crippen molar-refractivity contribution in [3.05, 3.63) is 41.3 Å². The van der Waals surface area contributed by atoms with Crippen molar-refractivity contribution in [2.75, 3.05) is 26.3 Å². The zero-order chi connectivity index (χ0) is 24.0. The quantitative estimate of drug-likeness (QED) is 0.527. The van der Waals surface area contributed by atoms with E-state index in [1.165, 1.54) is 15.6 Å². The first-order chi connectivity index (χ1) is 15.8. The van der Waals surface area contributed by atoms with E-state index < -0.39 is 10.0 Å². The first-order valence-electron chi connectivity index (χ1n) is 11.5. The molecule has 9 heteroatoms. The largest absolute Gasteiger partial charge is 0.490 e. The highest BCUT2D eigenvalue weighted by Crippen LogP contribution is 2.33. The zero-order valence-corrected chi connectivity index (χ0v) is 21.4. The van der Waals surface area contributed by atoms with Crippen LogP contribution < -0.4 is 14.8 Å². The molecule has 0 radical (unpaired) electrons. The summed E-state index contributed by atoms with van der Waals surface area (Å²) in [6.07, 6.45) is 1.33. The smallest absolute Gasteiger partial charge is 0.252 e. The van der Waals surface area contributed by atoms with Crippen LogP contribution in [-0.4, -0.2) is 44.9 Å². The van der Waals surface area contributed by atoms with Crippen molar-refractivity contribution in [2.24, 2.45) is 11.8 Å². The molecule has 1 fully saturated rings. The molecule has 1 N–H and O–H groups in total. The van der Waals surface area contributed by atoms with E-state index in [0.717, 1.165) is 5.56 Å². The summed E-state index contributed by atoms with van der Waals surface area (Å²) in [4.78, 5) is 13.2. The lowest BCUT2D eigenvalue weighted by Crippen LogP contribution is -2.46. The van der Waals surface area contributed by atoms with Crippen molar-refractivity contribution in [1.29, 1.82) is 0 Å². The summed E-state index contributed by atoms with van der Waals surface area (Å²) in [5.41, 5.74) is 0.934. The van der Waals surface area contributed by atoms with Gasteiger partial charge in [0.05, 0.1) is 25.2 Å². The molecule has 0 saturated carbocycles. The lowest BCUT2D eigenvalue weighted by atomic mass is 9.93. The predicted molar refractivity (Wildman–Crippen MR) is 130 cm³/mol. The fraction of sp³-hybridized carbons (Fsp3) is 0.542. The maximum absolute atomic E-state index is 13.2. The molecule has 0 spiro atoms. The fourth-order valence-electron chi connectivity index (χ4n) is 4.08. The van der Waals surface area contributed by atoms with Gasteiger partial charge in [-0.1, -0.05) is 26.0 Å². The molecule has 1 aliphatic heterocycles. The average molecular weight is 495 g/mol. The molecular weight excluding hydrogens is 460 g/mol. The number of amides is 1. The van der Waals surface area contributed by atoms with Crippen LogP contribution in [-0.2, 0) is 14.8 Å². The molecule has 0 aliphatic carbocycles. The Balaban J connectivity index is 1.76. The summed E-state index contributed by atoms with van der Waals surface area (Å²) >= 11 is 1.20. The SMILES string of the molecule is CCOc1ccc([C@@H](NC(=O)[C@H]2CCCN(S(=O)(=O)c3cccs3)C2)C(C)C)cc1OCC. The topological polar surface area (TPSA) is 84.9 Å². The van der Waals surface area contributed by atoms with Crippen molar-refractivity contribution < 1.29 is 22.7 Å². The van der Waals surface area contributed by atoms with E-state index in [0.29, 0.717) is 48.3 Å². The molecule has 1 aromatic carbocycles. The maximum atomic E-state index is 13.2. The Morgan fingerprint density at radius 1 is 1.18 bits per heavy atom. The van der Waals surface area contributed by atoms with Crippen LogP contribution in [0, 0.1) is 11.8 Å². The summed E-state index contributed by atoms with van der Waals surface area (Å²) in [5.74, 6) is 0.965. The van der Waals surface area contributed by atoms with Crippen molar-refractivity contribution in [3.63, 3.8) is 0 Å². The van der Waals surface area contributed by atoms with E-state index in [1.807, 2.05) is 32.0 Å². The number of thiophene rings is 1. The molecule has 2 atom stereocenters. The van der Waals surface area contributed by atoms with E-state index in [2.05, 4.69) is 19.2 Å². The predicted octanol–water partition coefficient (Wildman–Crippen LogP) is 4.46. The number of benzene rings is 1. The second-order valence-corrected chi connectivity index (χ2v) is 11.5. The number of rotatable bonds is 10. The third-order valence-electron chi connectivity index (χ3n) is 5.74. The Labute approximate surface area is 201 Å². The van der Waals surface area contributed by atoms with E-state index >= 15 is 0 Å². The van der Waals surface area contributed by atoms with Gasteiger partial charge in [-0.25, -0.2) is 8.42 Å². The van der Waals surface area contributed by atoms with Gasteiger partial charge in [0.15, 0.2) is 11.5 Å². The van der Waals surface area contributed by atoms with Crippen LogP contribution in [0.4, 0.5) is 0 Å². The second kappa shape index (κ2) is 11.4. The molecule has 0 unspecified atom stereocenters. The van der Waals surface area contributed by atoms with Crippen molar-refractivity contribution >= 4 is 27.3 Å². The molecule has 7 nitrogen and oxygen atoms in total. The number of hydrogen-bond acceptors (Lipinski definition) is 6. The minimum Gasteiger partial charge on any atom is -0.490 e. The normalized spacial score (nSPS) is 18.2. The standard InChI is InChI=1S/C24H34N2O5S2/c1-5-30-20-12-11-18(15-21(20)31-6-2)23(17(3)4)25-24(27)19-9-7-13-26(16-19)33(28,29)22-10-8-14-32-22/h8,10-12,14-15,17,19,23H,5-7,9,13,16H2,1-4H3,(H,25,27)/t19-,23-/m0/s1. The molecule has 1 aliphatic rings. The Morgan fingerprint density at radius 3 is 2.55 bits per heavy atom. The third kappa shape index (κ3) is 6.07. The number of nitrogens with zero attached hydrogens (tertiary/aromatic N) is 1. The van der Waals surface area contributed by atoms with Gasteiger partial charge in [-0.15, -0.1) is 11.3 Å². The van der Waals surface area contributed by atoms with Gasteiger partial charge in [0.1, 0.15) is 4.21 Å². The molecule has 182 valence electrons. The number of piperidine rings is 1. The van der Waals surface area contributed by atoms with Gasteiger partial charge in [0, 0.05) is 13.1 Å². The number of nitrogens with one attached hydrogen (secondary N) is 1. The Bertz CT molecular complexity index is 1020. The number of carbonyl (C=O) groups excluding carboxylic acids is 1. The molecule has 2 heterocycles. The van der Waals surface area contributed by atoms with Gasteiger partial charge in [-0.2, -0.15) is 4.31 Å². The van der Waals surface area contributed by atoms with Crippen LogP contribution in [0.5, 0.6) is 11.5 Å². The van der Waals surface area contributed by atoms with Crippen LogP contribution in [0.25, 0.3) is 0 Å². The molecule has 1 aromatic heterocycles. The highest BCUT2D eigenvalue weighted by molar-refractivity contribution is 7.91. The van der Waals surface area contributed by atoms with E-state index in [4.69, 9.17) is 9.47 Å². The monoisotopic (exact) mass is 494 g/mol. The van der Waals surface area contributed by atoms with Crippen LogP contribution in [0.2, 0.25) is 0 Å². The van der Waals surface area contributed by atoms with Gasteiger partial charge in [-0.05, 0) is 61.7 Å². The minimum absolute atomic E-state index is 0.119. The minimum atomic E-state index is -3.56. The lowest BCUT2D eigenvalue weighted by molar-refractivity contribution is -0.127. The lowest BCUT2D eigenvalue weighted by Gasteiger charge is -2.32. The molecular formula is C24H34N2O5S2. The van der Waals surface area contributed by atoms with Crippen LogP contribution in [0.15, 0.2) is 39.9 Å². The summed E-state index contributed by atoms with van der Waals surface area (Å²) in [6.45, 7) is 9.64. The number of carbonyl (C=O) groups is 1. The van der Waals surface area contributed by atoms with Crippen molar-refractivity contribution in [2.45, 2.75) is 50.8 Å². The van der Waals surface area contributed by atoms with E-state index in [9.17, 15) is 13.2 Å². The van der Waals surface area contributed by atoms with Crippen molar-refractivity contribution in [1.82, 2.24) is 9.62 Å². The Morgan fingerprint density at radius 2 is 1.91 bits per heavy atom. The summed E-state index contributed by atoms with van der Waals surface area (Å²) < 4.78 is 39.0. The average Bonchev–Trinajstić information content (AvgIpc) is 3.35. The third-order valence-corrected chi connectivity index (χ3v) is 8.97. The molecule has 3 rings (SSSR count). The maximum Gasteiger partial charge on any atom is 0.252 e. The number of hydrogen-bond donors (Lipinski definition) is 1. The van der Waals surface area contributed by atoms with Crippen LogP contribution >= 0.6 is 11.3 Å².